The molecule has 2 aromatic rings. The summed E-state index contributed by atoms with van der Waals surface area (Å²) in [6.07, 6.45) is 1.89. The molecule has 3 amide bonds. The summed E-state index contributed by atoms with van der Waals surface area (Å²) < 4.78 is 1.90. The fourth-order valence-corrected chi connectivity index (χ4v) is 2.95. The van der Waals surface area contributed by atoms with Gasteiger partial charge in [0.2, 0.25) is 5.91 Å². The first-order chi connectivity index (χ1) is 11.5. The number of nitrogens with one attached hydrogen (secondary N) is 1. The highest BCUT2D eigenvalue weighted by Gasteiger charge is 2.14. The lowest BCUT2D eigenvalue weighted by Gasteiger charge is -2.07. The van der Waals surface area contributed by atoms with E-state index in [4.69, 9.17) is 17.3 Å². The van der Waals surface area contributed by atoms with Gasteiger partial charge < -0.3 is 5.73 Å². The molecule has 0 aliphatic rings. The van der Waals surface area contributed by atoms with Crippen molar-refractivity contribution in [3.05, 3.63) is 41.9 Å². The lowest BCUT2D eigenvalue weighted by molar-refractivity contribution is -0.119. The molecule has 0 fully saturated rings. The monoisotopic (exact) mass is 365 g/mol. The Balaban J connectivity index is 2.10. The third-order valence-corrected chi connectivity index (χ3v) is 4.17. The summed E-state index contributed by atoms with van der Waals surface area (Å²) in [5.41, 5.74) is 5.78. The topological polar surface area (TPSA) is 103 Å². The largest absolute Gasteiger partial charge is 0.351 e. The van der Waals surface area contributed by atoms with Crippen LogP contribution >= 0.6 is 23.4 Å². The molecular formula is C15H16ClN5O2S. The predicted molar refractivity (Wildman–Crippen MR) is 93.7 cm³/mol. The second-order valence-corrected chi connectivity index (χ2v) is 6.22. The van der Waals surface area contributed by atoms with Gasteiger partial charge in [0.25, 0.3) is 0 Å². The van der Waals surface area contributed by atoms with Gasteiger partial charge in [0, 0.05) is 29.3 Å². The molecule has 7 nitrogen and oxygen atoms in total. The van der Waals surface area contributed by atoms with E-state index in [0.717, 1.165) is 5.56 Å². The molecule has 1 aromatic heterocycles. The molecule has 0 aliphatic heterocycles. The van der Waals surface area contributed by atoms with Gasteiger partial charge in [-0.3, -0.25) is 14.7 Å². The van der Waals surface area contributed by atoms with Crippen LogP contribution in [0.5, 0.6) is 0 Å². The molecule has 0 saturated carbocycles. The zero-order valence-electron chi connectivity index (χ0n) is 12.7. The van der Waals surface area contributed by atoms with E-state index in [1.54, 1.807) is 18.2 Å². The molecule has 0 radical (unpaired) electrons. The zero-order valence-corrected chi connectivity index (χ0v) is 14.3. The minimum atomic E-state index is -0.857. The van der Waals surface area contributed by atoms with Crippen molar-refractivity contribution in [1.82, 2.24) is 20.1 Å². The molecule has 2 rings (SSSR count). The van der Waals surface area contributed by atoms with Crippen LogP contribution in [0.4, 0.5) is 4.79 Å². The number of benzene rings is 1. The number of halogens is 1. The Morgan fingerprint density at radius 2 is 2.04 bits per heavy atom. The average Bonchev–Trinajstić information content (AvgIpc) is 2.91. The van der Waals surface area contributed by atoms with Crippen molar-refractivity contribution in [2.45, 2.75) is 18.1 Å². The number of carbonyl (C=O) groups is 2. The fourth-order valence-electron chi connectivity index (χ4n) is 1.94. The van der Waals surface area contributed by atoms with E-state index < -0.39 is 11.9 Å². The minimum Gasteiger partial charge on any atom is -0.351 e. The zero-order chi connectivity index (χ0) is 17.5. The van der Waals surface area contributed by atoms with Crippen molar-refractivity contribution < 1.29 is 9.59 Å². The number of hydrogen-bond acceptors (Lipinski definition) is 5. The van der Waals surface area contributed by atoms with Crippen LogP contribution in [0, 0.1) is 0 Å². The normalized spacial score (nSPS) is 10.4. The number of carbonyl (C=O) groups excluding carboxylic acids is 2. The summed E-state index contributed by atoms with van der Waals surface area (Å²) in [4.78, 5) is 22.0. The van der Waals surface area contributed by atoms with Crippen molar-refractivity contribution in [2.75, 3.05) is 5.75 Å². The van der Waals surface area contributed by atoms with E-state index >= 15 is 0 Å². The summed E-state index contributed by atoms with van der Waals surface area (Å²) in [6, 6.07) is 6.43. The Morgan fingerprint density at radius 3 is 2.67 bits per heavy atom. The Labute approximate surface area is 148 Å². The maximum Gasteiger partial charge on any atom is 0.318 e. The van der Waals surface area contributed by atoms with Gasteiger partial charge in [0.05, 0.1) is 0 Å². The maximum absolute atomic E-state index is 11.4. The van der Waals surface area contributed by atoms with Gasteiger partial charge in [0.15, 0.2) is 11.0 Å². The van der Waals surface area contributed by atoms with Crippen molar-refractivity contribution in [2.24, 2.45) is 5.73 Å². The second-order valence-electron chi connectivity index (χ2n) is 4.72. The summed E-state index contributed by atoms with van der Waals surface area (Å²) in [5, 5.41) is 11.7. The Kier molecular flexibility index (Phi) is 6.39. The molecule has 0 unspecified atom stereocenters. The van der Waals surface area contributed by atoms with Crippen molar-refractivity contribution in [3.63, 3.8) is 0 Å². The molecule has 0 aliphatic carbocycles. The number of hydrogen-bond donors (Lipinski definition) is 2. The van der Waals surface area contributed by atoms with Crippen molar-refractivity contribution >= 4 is 35.3 Å². The van der Waals surface area contributed by atoms with Crippen molar-refractivity contribution in [1.29, 1.82) is 0 Å². The highest BCUT2D eigenvalue weighted by Crippen LogP contribution is 2.25. The van der Waals surface area contributed by atoms with Gasteiger partial charge in [-0.25, -0.2) is 4.79 Å². The van der Waals surface area contributed by atoms with Gasteiger partial charge in [-0.05, 0) is 24.3 Å². The van der Waals surface area contributed by atoms with Crippen LogP contribution in [0.1, 0.15) is 6.42 Å². The molecular weight excluding hydrogens is 350 g/mol. The standard InChI is InChI=1S/C15H16ClN5O2S/c1-2-8-21-13(10-3-5-11(16)6-4-10)19-20-15(21)24-9-7-12(22)18-14(17)23/h2-6H,1,7-9H2,(H3,17,18,22,23). The summed E-state index contributed by atoms with van der Waals surface area (Å²) in [5.74, 6) is 0.702. The Bertz CT molecular complexity index is 745. The number of imide groups is 1. The summed E-state index contributed by atoms with van der Waals surface area (Å²) in [6.45, 7) is 4.27. The van der Waals surface area contributed by atoms with E-state index in [-0.39, 0.29) is 6.42 Å². The van der Waals surface area contributed by atoms with Gasteiger partial charge in [-0.2, -0.15) is 0 Å². The number of thioether (sulfide) groups is 1. The molecule has 1 aromatic carbocycles. The summed E-state index contributed by atoms with van der Waals surface area (Å²) in [7, 11) is 0. The van der Waals surface area contributed by atoms with Gasteiger partial charge in [-0.1, -0.05) is 29.4 Å². The molecule has 0 atom stereocenters. The first-order valence-corrected chi connectivity index (χ1v) is 8.39. The van der Waals surface area contributed by atoms with Crippen LogP contribution in [0.25, 0.3) is 11.4 Å². The average molecular weight is 366 g/mol. The first kappa shape index (κ1) is 18.0. The smallest absolute Gasteiger partial charge is 0.318 e. The molecule has 1 heterocycles. The number of allylic oxidation sites excluding steroid dienone is 1. The molecule has 3 N–H and O–H groups in total. The quantitative estimate of drug-likeness (QED) is 0.579. The van der Waals surface area contributed by atoms with Crippen LogP contribution < -0.4 is 11.1 Å². The van der Waals surface area contributed by atoms with Crippen LogP contribution in [-0.4, -0.2) is 32.5 Å². The lowest BCUT2D eigenvalue weighted by atomic mass is 10.2. The molecule has 126 valence electrons. The van der Waals surface area contributed by atoms with Gasteiger partial charge in [0.1, 0.15) is 0 Å². The van der Waals surface area contributed by atoms with Crippen LogP contribution in [-0.2, 0) is 11.3 Å². The van der Waals surface area contributed by atoms with Crippen LogP contribution in [0.15, 0.2) is 42.1 Å². The predicted octanol–water partition coefficient (Wildman–Crippen LogP) is 2.46. The van der Waals surface area contributed by atoms with E-state index in [1.165, 1.54) is 11.8 Å². The molecule has 24 heavy (non-hydrogen) atoms. The highest BCUT2D eigenvalue weighted by atomic mass is 35.5. The number of aromatic nitrogens is 3. The SMILES string of the molecule is C=CCn1c(SCCC(=O)NC(N)=O)nnc1-c1ccc(Cl)cc1. The number of nitrogens with two attached hydrogens (primary N) is 1. The van der Waals surface area contributed by atoms with E-state index in [1.807, 2.05) is 22.0 Å². The third kappa shape index (κ3) is 4.84. The van der Waals surface area contributed by atoms with Crippen molar-refractivity contribution in [3.8, 4) is 11.4 Å². The molecule has 0 bridgehead atoms. The number of amides is 3. The Hall–Kier alpha value is -2.32. The summed E-state index contributed by atoms with van der Waals surface area (Å²) >= 11 is 7.27. The number of primary amides is 1. The minimum absolute atomic E-state index is 0.144. The fraction of sp³-hybridized carbons (Fsp3) is 0.200. The molecule has 9 heteroatoms. The molecule has 0 spiro atoms. The third-order valence-electron chi connectivity index (χ3n) is 2.95. The van der Waals surface area contributed by atoms with Crippen LogP contribution in [0.2, 0.25) is 5.02 Å². The number of urea groups is 1. The van der Waals surface area contributed by atoms with Gasteiger partial charge >= 0.3 is 6.03 Å². The van der Waals surface area contributed by atoms with E-state index in [2.05, 4.69) is 16.8 Å². The van der Waals surface area contributed by atoms with E-state index in [9.17, 15) is 9.59 Å². The maximum atomic E-state index is 11.4. The number of rotatable bonds is 7. The lowest BCUT2D eigenvalue weighted by Crippen LogP contribution is -2.35. The van der Waals surface area contributed by atoms with E-state index in [0.29, 0.717) is 28.3 Å². The number of nitrogens with zero attached hydrogens (tertiary/aromatic N) is 3. The highest BCUT2D eigenvalue weighted by molar-refractivity contribution is 7.99. The molecule has 0 saturated heterocycles. The Morgan fingerprint density at radius 1 is 1.33 bits per heavy atom. The van der Waals surface area contributed by atoms with Crippen LogP contribution in [0.3, 0.4) is 0 Å². The second kappa shape index (κ2) is 8.51. The first-order valence-electron chi connectivity index (χ1n) is 7.03. The van der Waals surface area contributed by atoms with Gasteiger partial charge in [-0.15, -0.1) is 16.8 Å².